The summed E-state index contributed by atoms with van der Waals surface area (Å²) in [7, 11) is 3.25. The summed E-state index contributed by atoms with van der Waals surface area (Å²) in [4.78, 5) is 14.2. The van der Waals surface area contributed by atoms with Crippen LogP contribution < -0.4 is 9.47 Å². The number of methoxy groups -OCH3 is 2. The molecule has 0 N–H and O–H groups in total. The first-order chi connectivity index (χ1) is 11.5. The van der Waals surface area contributed by atoms with Gasteiger partial charge in [0.25, 0.3) is 0 Å². The molecule has 1 aromatic carbocycles. The fourth-order valence-electron chi connectivity index (χ4n) is 2.77. The Kier molecular flexibility index (Phi) is 4.76. The molecule has 1 amide bonds. The van der Waals surface area contributed by atoms with Gasteiger partial charge in [0.15, 0.2) is 0 Å². The molecule has 2 heterocycles. The summed E-state index contributed by atoms with van der Waals surface area (Å²) in [5, 5.41) is -0.110. The highest BCUT2D eigenvalue weighted by Crippen LogP contribution is 2.41. The van der Waals surface area contributed by atoms with E-state index < -0.39 is 0 Å². The molecule has 1 aromatic heterocycles. The number of amides is 1. The molecule has 1 saturated heterocycles. The maximum absolute atomic E-state index is 12.4. The van der Waals surface area contributed by atoms with E-state index in [4.69, 9.17) is 13.9 Å². The molecule has 0 aliphatic carbocycles. The van der Waals surface area contributed by atoms with Gasteiger partial charge in [-0.25, -0.2) is 0 Å². The summed E-state index contributed by atoms with van der Waals surface area (Å²) < 4.78 is 16.6. The largest absolute Gasteiger partial charge is 0.497 e. The second kappa shape index (κ2) is 6.81. The number of rotatable bonds is 5. The smallest absolute Gasteiger partial charge is 0.234 e. The lowest BCUT2D eigenvalue weighted by Gasteiger charge is -2.23. The number of hydrogen-bond acceptors (Lipinski definition) is 5. The highest BCUT2D eigenvalue weighted by molar-refractivity contribution is 8.00. The predicted octanol–water partition coefficient (Wildman–Crippen LogP) is 3.69. The van der Waals surface area contributed by atoms with E-state index in [1.165, 1.54) is 0 Å². The number of ether oxygens (including phenoxy) is 2. The summed E-state index contributed by atoms with van der Waals surface area (Å²) in [6, 6.07) is 7.63. The quantitative estimate of drug-likeness (QED) is 0.826. The minimum atomic E-state index is -0.110. The van der Waals surface area contributed by atoms with Gasteiger partial charge in [-0.15, -0.1) is 11.8 Å². The summed E-state index contributed by atoms with van der Waals surface area (Å²) in [5.74, 6) is 3.75. The van der Waals surface area contributed by atoms with Crippen molar-refractivity contribution in [2.24, 2.45) is 0 Å². The lowest BCUT2D eigenvalue weighted by Crippen LogP contribution is -2.27. The molecule has 1 atom stereocenters. The van der Waals surface area contributed by atoms with Gasteiger partial charge in [0.2, 0.25) is 5.91 Å². The molecule has 0 bridgehead atoms. The molecule has 1 aliphatic heterocycles. The first-order valence-corrected chi connectivity index (χ1v) is 8.77. The summed E-state index contributed by atoms with van der Waals surface area (Å²) in [6.45, 7) is 4.41. The SMILES string of the molecule is COc1ccc(OC)c(CN2C(=O)CSC2c2cc(C)c(C)o2)c1. The van der Waals surface area contributed by atoms with Crippen LogP contribution in [-0.2, 0) is 11.3 Å². The fourth-order valence-corrected chi connectivity index (χ4v) is 3.89. The van der Waals surface area contributed by atoms with E-state index in [1.54, 1.807) is 26.0 Å². The van der Waals surface area contributed by atoms with Crippen molar-refractivity contribution in [3.8, 4) is 11.5 Å². The Morgan fingerprint density at radius 3 is 2.67 bits per heavy atom. The fraction of sp³-hybridized carbons (Fsp3) is 0.389. The van der Waals surface area contributed by atoms with Crippen LogP contribution in [0.5, 0.6) is 11.5 Å². The number of aryl methyl sites for hydroxylation is 2. The van der Waals surface area contributed by atoms with Gasteiger partial charge >= 0.3 is 0 Å². The van der Waals surface area contributed by atoms with Crippen molar-refractivity contribution in [3.63, 3.8) is 0 Å². The molecule has 24 heavy (non-hydrogen) atoms. The normalized spacial score (nSPS) is 17.4. The van der Waals surface area contributed by atoms with Crippen molar-refractivity contribution in [3.05, 3.63) is 46.9 Å². The standard InChI is InChI=1S/C18H21NO4S/c1-11-7-16(23-12(11)2)18-19(17(20)10-24-18)9-13-8-14(21-3)5-6-15(13)22-4/h5-8,18H,9-10H2,1-4H3. The van der Waals surface area contributed by atoms with Gasteiger partial charge in [-0.2, -0.15) is 0 Å². The van der Waals surface area contributed by atoms with Crippen LogP contribution >= 0.6 is 11.8 Å². The van der Waals surface area contributed by atoms with Crippen molar-refractivity contribution >= 4 is 17.7 Å². The first-order valence-electron chi connectivity index (χ1n) is 7.72. The van der Waals surface area contributed by atoms with Crippen LogP contribution in [0.15, 0.2) is 28.7 Å². The Morgan fingerprint density at radius 1 is 1.25 bits per heavy atom. The van der Waals surface area contributed by atoms with E-state index in [0.717, 1.165) is 34.1 Å². The van der Waals surface area contributed by atoms with Crippen LogP contribution in [0.4, 0.5) is 0 Å². The topological polar surface area (TPSA) is 51.9 Å². The van der Waals surface area contributed by atoms with E-state index in [0.29, 0.717) is 12.3 Å². The van der Waals surface area contributed by atoms with Crippen LogP contribution in [0.1, 0.15) is 28.0 Å². The highest BCUT2D eigenvalue weighted by atomic mass is 32.2. The minimum Gasteiger partial charge on any atom is -0.497 e. The lowest BCUT2D eigenvalue weighted by atomic mass is 10.1. The van der Waals surface area contributed by atoms with Crippen molar-refractivity contribution < 1.29 is 18.7 Å². The zero-order chi connectivity index (χ0) is 17.3. The lowest BCUT2D eigenvalue weighted by molar-refractivity contribution is -0.128. The molecule has 2 aromatic rings. The molecule has 0 radical (unpaired) electrons. The Morgan fingerprint density at radius 2 is 2.04 bits per heavy atom. The second-order valence-corrected chi connectivity index (χ2v) is 6.82. The number of nitrogens with zero attached hydrogens (tertiary/aromatic N) is 1. The van der Waals surface area contributed by atoms with Crippen LogP contribution in [0.2, 0.25) is 0 Å². The van der Waals surface area contributed by atoms with Gasteiger partial charge in [0, 0.05) is 5.56 Å². The van der Waals surface area contributed by atoms with Crippen molar-refractivity contribution in [2.75, 3.05) is 20.0 Å². The number of thioether (sulfide) groups is 1. The van der Waals surface area contributed by atoms with Crippen molar-refractivity contribution in [1.29, 1.82) is 0 Å². The molecule has 5 nitrogen and oxygen atoms in total. The molecule has 3 rings (SSSR count). The van der Waals surface area contributed by atoms with E-state index >= 15 is 0 Å². The molecular weight excluding hydrogens is 326 g/mol. The van der Waals surface area contributed by atoms with Gasteiger partial charge in [0.05, 0.1) is 26.5 Å². The summed E-state index contributed by atoms with van der Waals surface area (Å²) in [5.41, 5.74) is 2.02. The summed E-state index contributed by atoms with van der Waals surface area (Å²) in [6.07, 6.45) is 0. The first kappa shape index (κ1) is 16.8. The predicted molar refractivity (Wildman–Crippen MR) is 93.5 cm³/mol. The second-order valence-electron chi connectivity index (χ2n) is 5.75. The third-order valence-electron chi connectivity index (χ3n) is 4.22. The van der Waals surface area contributed by atoms with E-state index in [2.05, 4.69) is 0 Å². The van der Waals surface area contributed by atoms with Crippen LogP contribution in [0.25, 0.3) is 0 Å². The maximum atomic E-state index is 12.4. The molecule has 0 spiro atoms. The van der Waals surface area contributed by atoms with Crippen LogP contribution in [-0.4, -0.2) is 30.8 Å². The Labute approximate surface area is 145 Å². The average Bonchev–Trinajstić information content (AvgIpc) is 3.10. The zero-order valence-electron chi connectivity index (χ0n) is 14.3. The summed E-state index contributed by atoms with van der Waals surface area (Å²) >= 11 is 1.59. The van der Waals surface area contributed by atoms with Gasteiger partial charge in [0.1, 0.15) is 28.4 Å². The van der Waals surface area contributed by atoms with Crippen molar-refractivity contribution in [1.82, 2.24) is 4.90 Å². The molecule has 1 unspecified atom stereocenters. The van der Waals surface area contributed by atoms with E-state index in [1.807, 2.05) is 43.0 Å². The number of carbonyl (C=O) groups excluding carboxylic acids is 1. The van der Waals surface area contributed by atoms with Crippen LogP contribution in [0.3, 0.4) is 0 Å². The minimum absolute atomic E-state index is 0.0987. The molecule has 1 fully saturated rings. The van der Waals surface area contributed by atoms with E-state index in [-0.39, 0.29) is 11.3 Å². The maximum Gasteiger partial charge on any atom is 0.234 e. The van der Waals surface area contributed by atoms with Gasteiger partial charge in [-0.05, 0) is 43.7 Å². The van der Waals surface area contributed by atoms with Gasteiger partial charge in [-0.1, -0.05) is 0 Å². The molecule has 128 valence electrons. The molecular formula is C18H21NO4S. The zero-order valence-corrected chi connectivity index (χ0v) is 15.1. The number of hydrogen-bond donors (Lipinski definition) is 0. The van der Waals surface area contributed by atoms with E-state index in [9.17, 15) is 4.79 Å². The molecule has 6 heteroatoms. The average molecular weight is 347 g/mol. The molecule has 1 aliphatic rings. The van der Waals surface area contributed by atoms with Crippen molar-refractivity contribution in [2.45, 2.75) is 25.8 Å². The third kappa shape index (κ3) is 3.11. The third-order valence-corrected chi connectivity index (χ3v) is 5.44. The van der Waals surface area contributed by atoms with Crippen LogP contribution in [0, 0.1) is 13.8 Å². The number of carbonyl (C=O) groups is 1. The van der Waals surface area contributed by atoms with Gasteiger partial charge < -0.3 is 18.8 Å². The highest BCUT2D eigenvalue weighted by Gasteiger charge is 2.35. The Bertz CT molecular complexity index is 736. The molecule has 0 saturated carbocycles. The number of benzene rings is 1. The van der Waals surface area contributed by atoms with Gasteiger partial charge in [-0.3, -0.25) is 4.79 Å². The number of furan rings is 1. The Balaban J connectivity index is 1.90. The monoisotopic (exact) mass is 347 g/mol. The Hall–Kier alpha value is -2.08.